The first-order valence-corrected chi connectivity index (χ1v) is 44.3. The van der Waals surface area contributed by atoms with Gasteiger partial charge < -0.3 is 0 Å². The Hall–Kier alpha value is -13.1. The minimum atomic E-state index is -2.20. The van der Waals surface area contributed by atoms with Crippen LogP contribution in [-0.4, -0.2) is 30.1 Å². The van der Waals surface area contributed by atoms with E-state index in [-0.39, 0.29) is 118 Å². The van der Waals surface area contributed by atoms with E-state index in [1.165, 1.54) is 60.2 Å². The minimum Gasteiger partial charge on any atom is -0.237 e. The standard InChI is InChI=1S/2C16H11F6N2.C15H15F4N2S.C15H17F3N.C13H14F3N2.2C12H11F4N2/c1-4-6-7-10(17)8-9(12(19)15(22)14(21)11(8)18)13(20)16(7)23-5(2)24(6)3;1-4-6-8-7(5(2)23-24(6)3)11(17)9-10(12(8)18)14(20)16(22)15(21)13(9)19;1-5-10-12-9(17)6-11(22-15(19)7(2)16)13(18)14(12)20-8(3)21(10)4;1-6-10-7(2)8(3)11-13(17)14(18)12(16)9(4)15(11)19(10)5;1-5-8-7(3)17-12-11(16)10(15)9(14)6(2)13(12)18(8)4;1-4-6-7-8(13)9(14)10(15)11(16)12(7)17-5(2)18(6)3;1-4-6-8-7(5(2)17-18(6)3)9(13)11(15)12(16)10(8)14/h2*4H2,1-3H3;6H,5H2,1-4H3;6H2,1-5H3;5H2,1-4H3;2*4H2,1-3H3/q7*+1/b;;15-7+;;;;. The molecule has 13 nitrogen and oxygen atoms in total. The molecule has 7 heterocycles. The second kappa shape index (κ2) is 43.2. The van der Waals surface area contributed by atoms with E-state index in [1.54, 1.807) is 111 Å². The van der Waals surface area contributed by atoms with Gasteiger partial charge in [0, 0.05) is 71.3 Å². The van der Waals surface area contributed by atoms with Gasteiger partial charge in [-0.05, 0) is 92.2 Å². The van der Waals surface area contributed by atoms with Gasteiger partial charge in [0.1, 0.15) is 93.5 Å². The molecule has 16 aromatic rings. The summed E-state index contributed by atoms with van der Waals surface area (Å²) in [6.07, 6.45) is 3.02. The molecule has 44 heteroatoms. The van der Waals surface area contributed by atoms with E-state index in [2.05, 4.69) is 30.1 Å². The Morgan fingerprint density at radius 3 is 0.916 bits per heavy atom. The molecule has 0 aliphatic heterocycles. The third-order valence-electron chi connectivity index (χ3n) is 24.9. The van der Waals surface area contributed by atoms with E-state index < -0.39 is 206 Å². The smallest absolute Gasteiger partial charge is 0.237 e. The van der Waals surface area contributed by atoms with E-state index in [9.17, 15) is 132 Å². The predicted octanol–water partition coefficient (Wildman–Crippen LogP) is 23.5. The zero-order chi connectivity index (χ0) is 108. The first kappa shape index (κ1) is 112. The Balaban J connectivity index is 0.000000172. The molecule has 0 radical (unpaired) electrons. The summed E-state index contributed by atoms with van der Waals surface area (Å²) in [7, 11) is 11.4. The highest BCUT2D eigenvalue weighted by Crippen LogP contribution is 2.43. The van der Waals surface area contributed by atoms with Crippen LogP contribution >= 0.6 is 11.8 Å². The van der Waals surface area contributed by atoms with Crippen LogP contribution in [0.5, 0.6) is 0 Å². The number of rotatable bonds is 9. The van der Waals surface area contributed by atoms with Gasteiger partial charge in [-0.25, -0.2) is 142 Å². The Kier molecular flexibility index (Phi) is 33.8. The van der Waals surface area contributed by atoms with Crippen molar-refractivity contribution < 1.29 is 164 Å². The quantitative estimate of drug-likeness (QED) is 0.0354. The van der Waals surface area contributed by atoms with Gasteiger partial charge in [-0.1, -0.05) is 69.6 Å². The molecule has 143 heavy (non-hydrogen) atoms. The van der Waals surface area contributed by atoms with Crippen molar-refractivity contribution in [1.82, 2.24) is 30.1 Å². The zero-order valence-electron chi connectivity index (χ0n) is 81.1. The van der Waals surface area contributed by atoms with Crippen LogP contribution in [0.1, 0.15) is 152 Å². The number of hydrogen-bond acceptors (Lipinski definition) is 7. The van der Waals surface area contributed by atoms with Crippen LogP contribution in [0.4, 0.5) is 132 Å². The van der Waals surface area contributed by atoms with Crippen LogP contribution < -0.4 is 32.2 Å². The maximum absolute atomic E-state index is 14.9. The van der Waals surface area contributed by atoms with Gasteiger partial charge in [-0.3, -0.25) is 0 Å². The minimum absolute atomic E-state index is 0.00698. The number of hydrogen-bond donors (Lipinski definition) is 0. The average Bonchev–Trinajstić information content (AvgIpc) is 0.718. The Bertz CT molecular complexity index is 8080. The molecule has 0 N–H and O–H groups in total. The topological polar surface area (TPSA) is 104 Å². The van der Waals surface area contributed by atoms with E-state index in [0.717, 1.165) is 36.4 Å². The Morgan fingerprint density at radius 1 is 0.238 bits per heavy atom. The summed E-state index contributed by atoms with van der Waals surface area (Å²) in [6.45, 7) is 29.1. The number of fused-ring (bicyclic) bond motifs is 9. The van der Waals surface area contributed by atoms with Crippen LogP contribution in [0.3, 0.4) is 0 Å². The average molecular weight is 2060 g/mol. The van der Waals surface area contributed by atoms with Crippen molar-refractivity contribution in [2.45, 2.75) is 174 Å². The third-order valence-corrected chi connectivity index (χ3v) is 25.8. The fourth-order valence-corrected chi connectivity index (χ4v) is 18.2. The first-order chi connectivity index (χ1) is 66.7. The molecule has 9 aromatic carbocycles. The summed E-state index contributed by atoms with van der Waals surface area (Å²) in [6, 6.07) is 0.876. The largest absolute Gasteiger partial charge is 0.296 e. The van der Waals surface area contributed by atoms with Gasteiger partial charge in [0.2, 0.25) is 56.3 Å². The van der Waals surface area contributed by atoms with Crippen LogP contribution in [-0.2, 0) is 94.3 Å². The predicted molar refractivity (Wildman–Crippen MR) is 470 cm³/mol. The molecule has 16 rings (SSSR count). The fraction of sp³-hybridized carbons (Fsp3) is 0.323. The molecular weight excluding hydrogens is 1970 g/mol. The number of pyridine rings is 1. The lowest BCUT2D eigenvalue weighted by Gasteiger charge is -2.13. The summed E-state index contributed by atoms with van der Waals surface area (Å²) >= 11 is 0.207. The SMILES string of the molecule is CCc1c(C)c(C)c2c(F)c(F)c(F)c(C)c2[n+]1C.CCc1c(C)nc2c(F)c(F)c(F)c(C)c2[n+]1C.CCc1c2c(F)c(F)c(F)c(F)c2c(C)n[n+]1C.CCc1c2c(F)c(F)c(F)c(F)c2nc(C)[n+]1C.CCc1c2c(F)c3c(F)c(F)c(F)c(F)c3c(F)c2c(C)n[n+]1C.CCc1c2c(F)c3c(F)c(F)c(F)c(F)c3c(F)c2nc(C)[n+]1C.CCc1c2c(F)cc(S/C(F)=C(\C)F)c(F)c2nc(C)[n+]1C. The lowest BCUT2D eigenvalue weighted by atomic mass is 9.98. The second-order valence-corrected chi connectivity index (χ2v) is 33.8. The molecule has 0 saturated heterocycles. The lowest BCUT2D eigenvalue weighted by molar-refractivity contribution is -0.736. The normalized spacial score (nSPS) is 11.7. The Labute approximate surface area is 800 Å². The molecule has 760 valence electrons. The molecule has 0 aliphatic carbocycles. The number of nitrogens with zero attached hydrogens (tertiary/aromatic N) is 13. The van der Waals surface area contributed by atoms with Gasteiger partial charge in [-0.2, -0.15) is 17.9 Å². The number of halogens is 30. The molecule has 0 aliphatic rings. The van der Waals surface area contributed by atoms with Gasteiger partial charge in [0.15, 0.2) is 158 Å². The number of allylic oxidation sites excluding steroid dienone is 1. The highest BCUT2D eigenvalue weighted by molar-refractivity contribution is 8.03. The zero-order valence-corrected chi connectivity index (χ0v) is 81.9. The summed E-state index contributed by atoms with van der Waals surface area (Å²) in [5.41, 5.74) is 5.57. The van der Waals surface area contributed by atoms with E-state index >= 15 is 0 Å². The van der Waals surface area contributed by atoms with E-state index in [4.69, 9.17) is 0 Å². The first-order valence-electron chi connectivity index (χ1n) is 43.5. The molecular formula is C99H90F30N13S+7. The van der Waals surface area contributed by atoms with Crippen molar-refractivity contribution in [3.05, 3.63) is 277 Å². The monoisotopic (exact) mass is 2060 g/mol. The fourth-order valence-electron chi connectivity index (χ4n) is 17.5. The van der Waals surface area contributed by atoms with E-state index in [1.807, 2.05) is 27.7 Å². The molecule has 0 saturated carbocycles. The number of thioether (sulfide) groups is 1. The van der Waals surface area contributed by atoms with Crippen LogP contribution in [0, 0.1) is 232 Å². The van der Waals surface area contributed by atoms with Crippen molar-refractivity contribution in [3.63, 3.8) is 0 Å². The van der Waals surface area contributed by atoms with Crippen LogP contribution in [0.15, 0.2) is 21.9 Å². The molecule has 7 aromatic heterocycles. The number of aryl methyl sites for hydroxylation is 18. The van der Waals surface area contributed by atoms with Crippen molar-refractivity contribution in [2.75, 3.05) is 0 Å². The molecule has 0 spiro atoms. The van der Waals surface area contributed by atoms with Gasteiger partial charge in [0.25, 0.3) is 17.5 Å². The Morgan fingerprint density at radius 2 is 0.517 bits per heavy atom. The van der Waals surface area contributed by atoms with Gasteiger partial charge >= 0.3 is 0 Å². The molecule has 0 bridgehead atoms. The van der Waals surface area contributed by atoms with Crippen LogP contribution in [0.2, 0.25) is 0 Å². The highest BCUT2D eigenvalue weighted by Gasteiger charge is 2.39. The van der Waals surface area contributed by atoms with Crippen molar-refractivity contribution >= 4 is 109 Å². The maximum atomic E-state index is 14.9. The van der Waals surface area contributed by atoms with Crippen molar-refractivity contribution in [3.8, 4) is 0 Å². The summed E-state index contributed by atoms with van der Waals surface area (Å²) < 4.78 is 425. The van der Waals surface area contributed by atoms with Gasteiger partial charge in [-0.15, -0.1) is 0 Å². The molecule has 0 unspecified atom stereocenters. The van der Waals surface area contributed by atoms with E-state index in [0.29, 0.717) is 82.5 Å². The summed E-state index contributed by atoms with van der Waals surface area (Å²) in [5, 5.41) is -0.0372. The van der Waals surface area contributed by atoms with Crippen molar-refractivity contribution in [2.24, 2.45) is 49.3 Å². The molecule has 0 amide bonds. The number of benzene rings is 9. The van der Waals surface area contributed by atoms with Gasteiger partial charge in [0.05, 0.1) is 85.6 Å². The molecule has 0 atom stereocenters. The maximum Gasteiger partial charge on any atom is 0.296 e. The number of aromatic nitrogens is 13. The third kappa shape index (κ3) is 19.2. The summed E-state index contributed by atoms with van der Waals surface area (Å²) in [5.74, 6) is -44.0. The summed E-state index contributed by atoms with van der Waals surface area (Å²) in [4.78, 5) is 15.4. The van der Waals surface area contributed by atoms with Crippen molar-refractivity contribution in [1.29, 1.82) is 0 Å². The second-order valence-electron chi connectivity index (χ2n) is 32.8. The van der Waals surface area contributed by atoms with Crippen LogP contribution in [0.25, 0.3) is 97.7 Å². The molecule has 0 fully saturated rings. The lowest BCUT2D eigenvalue weighted by Crippen LogP contribution is -2.39. The highest BCUT2D eigenvalue weighted by atomic mass is 32.2.